The number of hydrogen-bond acceptors (Lipinski definition) is 5. The van der Waals surface area contributed by atoms with Crippen molar-refractivity contribution in [2.24, 2.45) is 0 Å². The van der Waals surface area contributed by atoms with Crippen LogP contribution in [0.3, 0.4) is 0 Å². The Morgan fingerprint density at radius 2 is 2.14 bits per heavy atom. The molecule has 0 saturated carbocycles. The lowest BCUT2D eigenvalue weighted by molar-refractivity contribution is -0.146. The summed E-state index contributed by atoms with van der Waals surface area (Å²) in [4.78, 5) is 0. The van der Waals surface area contributed by atoms with Crippen molar-refractivity contribution in [1.29, 1.82) is 0 Å². The Balaban J connectivity index is 1.79. The van der Waals surface area contributed by atoms with E-state index in [4.69, 9.17) is 9.47 Å². The van der Waals surface area contributed by atoms with E-state index in [0.717, 1.165) is 12.1 Å². The number of aromatic hydroxyl groups is 1. The van der Waals surface area contributed by atoms with E-state index < -0.39 is 5.60 Å². The average molecular weight is 309 g/mol. The molecule has 2 rings (SSSR count). The molecule has 3 N–H and O–H groups in total. The fraction of sp³-hybridized carbons (Fsp3) is 0.647. The van der Waals surface area contributed by atoms with Gasteiger partial charge in [0.05, 0.1) is 24.9 Å². The molecule has 1 fully saturated rings. The quantitative estimate of drug-likeness (QED) is 0.703. The summed E-state index contributed by atoms with van der Waals surface area (Å²) in [5, 5.41) is 23.6. The SMILES string of the molecule is COc1cc(CNCCC2(O)CCOC(C)(C)C2)ccc1O. The second kappa shape index (κ2) is 6.86. The van der Waals surface area contributed by atoms with Crippen LogP contribution in [0.5, 0.6) is 11.5 Å². The molecule has 1 atom stereocenters. The molecule has 0 aromatic heterocycles. The Hall–Kier alpha value is -1.30. The molecule has 1 unspecified atom stereocenters. The molecule has 1 heterocycles. The van der Waals surface area contributed by atoms with Crippen molar-refractivity contribution >= 4 is 0 Å². The maximum Gasteiger partial charge on any atom is 0.160 e. The molecule has 124 valence electrons. The highest BCUT2D eigenvalue weighted by Crippen LogP contribution is 2.34. The lowest BCUT2D eigenvalue weighted by atomic mass is 9.82. The Kier molecular flexibility index (Phi) is 5.32. The molecular weight excluding hydrogens is 282 g/mol. The van der Waals surface area contributed by atoms with Gasteiger partial charge in [-0.15, -0.1) is 0 Å². The minimum Gasteiger partial charge on any atom is -0.504 e. The molecule has 1 aliphatic heterocycles. The van der Waals surface area contributed by atoms with Gasteiger partial charge in [-0.3, -0.25) is 0 Å². The van der Waals surface area contributed by atoms with Gasteiger partial charge in [0.15, 0.2) is 11.5 Å². The summed E-state index contributed by atoms with van der Waals surface area (Å²) >= 11 is 0. The molecule has 0 amide bonds. The Bertz CT molecular complexity index is 503. The standard InChI is InChI=1S/C17H27NO4/c1-16(2)12-17(20,7-9-22-16)6-8-18-11-13-4-5-14(19)15(10-13)21-3/h4-5,10,18-20H,6-9,11-12H2,1-3H3. The maximum absolute atomic E-state index is 10.6. The number of benzene rings is 1. The van der Waals surface area contributed by atoms with Gasteiger partial charge in [-0.25, -0.2) is 0 Å². The fourth-order valence-electron chi connectivity index (χ4n) is 3.05. The largest absolute Gasteiger partial charge is 0.504 e. The third-order valence-corrected chi connectivity index (χ3v) is 4.16. The van der Waals surface area contributed by atoms with Crippen molar-refractivity contribution < 1.29 is 19.7 Å². The summed E-state index contributed by atoms with van der Waals surface area (Å²) in [5.41, 5.74) is 0.132. The Labute approximate surface area is 132 Å². The van der Waals surface area contributed by atoms with Gasteiger partial charge in [0.25, 0.3) is 0 Å². The van der Waals surface area contributed by atoms with Crippen LogP contribution in [-0.4, -0.2) is 41.7 Å². The van der Waals surface area contributed by atoms with E-state index in [1.807, 2.05) is 26.0 Å². The predicted molar refractivity (Wildman–Crippen MR) is 85.2 cm³/mol. The molecule has 1 aromatic rings. The summed E-state index contributed by atoms with van der Waals surface area (Å²) < 4.78 is 10.7. The summed E-state index contributed by atoms with van der Waals surface area (Å²) in [5.74, 6) is 0.620. The van der Waals surface area contributed by atoms with Crippen molar-refractivity contribution in [3.05, 3.63) is 23.8 Å². The predicted octanol–water partition coefficient (Wildman–Crippen LogP) is 2.20. The highest BCUT2D eigenvalue weighted by Gasteiger charge is 2.38. The van der Waals surface area contributed by atoms with E-state index in [1.54, 1.807) is 6.07 Å². The number of ether oxygens (including phenoxy) is 2. The molecular formula is C17H27NO4. The zero-order valence-corrected chi connectivity index (χ0v) is 13.7. The van der Waals surface area contributed by atoms with Gasteiger partial charge < -0.3 is 25.0 Å². The zero-order chi connectivity index (χ0) is 16.2. The lowest BCUT2D eigenvalue weighted by Crippen LogP contribution is -2.47. The van der Waals surface area contributed by atoms with E-state index >= 15 is 0 Å². The first-order valence-corrected chi connectivity index (χ1v) is 7.77. The van der Waals surface area contributed by atoms with Crippen molar-refractivity contribution in [2.75, 3.05) is 20.3 Å². The van der Waals surface area contributed by atoms with E-state index in [2.05, 4.69) is 5.32 Å². The van der Waals surface area contributed by atoms with Crippen LogP contribution in [0.15, 0.2) is 18.2 Å². The van der Waals surface area contributed by atoms with Crippen LogP contribution in [0.2, 0.25) is 0 Å². The third kappa shape index (κ3) is 4.60. The third-order valence-electron chi connectivity index (χ3n) is 4.16. The molecule has 0 spiro atoms. The second-order valence-corrected chi connectivity index (χ2v) is 6.69. The van der Waals surface area contributed by atoms with Crippen molar-refractivity contribution in [2.45, 2.75) is 50.9 Å². The molecule has 0 bridgehead atoms. The first-order chi connectivity index (χ1) is 10.3. The number of rotatable bonds is 6. The van der Waals surface area contributed by atoms with Crippen molar-refractivity contribution in [3.63, 3.8) is 0 Å². The summed E-state index contributed by atoms with van der Waals surface area (Å²) in [6, 6.07) is 5.30. The Morgan fingerprint density at radius 3 is 2.82 bits per heavy atom. The van der Waals surface area contributed by atoms with Crippen LogP contribution in [0, 0.1) is 0 Å². The molecule has 0 radical (unpaired) electrons. The lowest BCUT2D eigenvalue weighted by Gasteiger charge is -2.41. The minimum atomic E-state index is -0.651. The number of methoxy groups -OCH3 is 1. The molecule has 22 heavy (non-hydrogen) atoms. The molecule has 5 heteroatoms. The van der Waals surface area contributed by atoms with E-state index in [0.29, 0.717) is 38.2 Å². The monoisotopic (exact) mass is 309 g/mol. The van der Waals surface area contributed by atoms with Gasteiger partial charge in [0, 0.05) is 13.0 Å². The molecule has 5 nitrogen and oxygen atoms in total. The zero-order valence-electron chi connectivity index (χ0n) is 13.7. The van der Waals surface area contributed by atoms with Gasteiger partial charge in [0.1, 0.15) is 0 Å². The highest BCUT2D eigenvalue weighted by atomic mass is 16.5. The first kappa shape index (κ1) is 17.1. The van der Waals surface area contributed by atoms with Crippen LogP contribution in [0.25, 0.3) is 0 Å². The molecule has 1 aliphatic rings. The summed E-state index contributed by atoms with van der Waals surface area (Å²) in [6.45, 7) is 6.06. The van der Waals surface area contributed by atoms with Crippen molar-refractivity contribution in [3.8, 4) is 11.5 Å². The van der Waals surface area contributed by atoms with Gasteiger partial charge in [-0.2, -0.15) is 0 Å². The summed E-state index contributed by atoms with van der Waals surface area (Å²) in [7, 11) is 1.54. The van der Waals surface area contributed by atoms with Crippen molar-refractivity contribution in [1.82, 2.24) is 5.32 Å². The fourth-order valence-corrected chi connectivity index (χ4v) is 3.05. The average Bonchev–Trinajstić information content (AvgIpc) is 2.44. The molecule has 0 aliphatic carbocycles. The molecule has 1 aromatic carbocycles. The van der Waals surface area contributed by atoms with Gasteiger partial charge in [-0.05, 0) is 50.9 Å². The normalized spacial score (nSPS) is 24.2. The number of phenolic OH excluding ortho intramolecular Hbond substituents is 1. The van der Waals surface area contributed by atoms with Crippen LogP contribution in [0.4, 0.5) is 0 Å². The number of hydrogen-bond donors (Lipinski definition) is 3. The second-order valence-electron chi connectivity index (χ2n) is 6.69. The summed E-state index contributed by atoms with van der Waals surface area (Å²) in [6.07, 6.45) is 2.05. The Morgan fingerprint density at radius 1 is 1.36 bits per heavy atom. The van der Waals surface area contributed by atoms with Gasteiger partial charge >= 0.3 is 0 Å². The van der Waals surface area contributed by atoms with Crippen LogP contribution >= 0.6 is 0 Å². The smallest absolute Gasteiger partial charge is 0.160 e. The van der Waals surface area contributed by atoms with Crippen LogP contribution in [-0.2, 0) is 11.3 Å². The molecule has 1 saturated heterocycles. The van der Waals surface area contributed by atoms with E-state index in [1.165, 1.54) is 7.11 Å². The number of phenols is 1. The highest BCUT2D eigenvalue weighted by molar-refractivity contribution is 5.41. The van der Waals surface area contributed by atoms with E-state index in [-0.39, 0.29) is 11.4 Å². The van der Waals surface area contributed by atoms with E-state index in [9.17, 15) is 10.2 Å². The topological polar surface area (TPSA) is 71.0 Å². The number of aliphatic hydroxyl groups is 1. The van der Waals surface area contributed by atoms with Crippen LogP contribution < -0.4 is 10.1 Å². The van der Waals surface area contributed by atoms with Gasteiger partial charge in [0.2, 0.25) is 0 Å². The maximum atomic E-state index is 10.6. The van der Waals surface area contributed by atoms with Crippen LogP contribution in [0.1, 0.15) is 38.7 Å². The van der Waals surface area contributed by atoms with Gasteiger partial charge in [-0.1, -0.05) is 6.07 Å². The number of nitrogens with one attached hydrogen (secondary N) is 1. The minimum absolute atomic E-state index is 0.144. The first-order valence-electron chi connectivity index (χ1n) is 7.77.